The summed E-state index contributed by atoms with van der Waals surface area (Å²) in [6.45, 7) is 1.86. The highest BCUT2D eigenvalue weighted by atomic mass is 16.3. The van der Waals surface area contributed by atoms with E-state index in [1.54, 1.807) is 24.0 Å². The summed E-state index contributed by atoms with van der Waals surface area (Å²) in [4.78, 5) is 15.2. The van der Waals surface area contributed by atoms with Crippen molar-refractivity contribution in [1.82, 2.24) is 4.90 Å². The molecule has 2 saturated carbocycles. The summed E-state index contributed by atoms with van der Waals surface area (Å²) in [5.74, 6) is 1.52. The van der Waals surface area contributed by atoms with Gasteiger partial charge in [0.1, 0.15) is 11.5 Å². The lowest BCUT2D eigenvalue weighted by atomic mass is 9.78. The Kier molecular flexibility index (Phi) is 8.79. The van der Waals surface area contributed by atoms with E-state index in [1.165, 1.54) is 70.3 Å². The second-order valence-corrected chi connectivity index (χ2v) is 9.89. The predicted octanol–water partition coefficient (Wildman–Crippen LogP) is 6.37. The second-order valence-electron chi connectivity index (χ2n) is 9.89. The van der Waals surface area contributed by atoms with Gasteiger partial charge >= 0.3 is 0 Å². The zero-order valence-electron chi connectivity index (χ0n) is 19.1. The smallest absolute Gasteiger partial charge is 0.231 e. The number of amidine groups is 1. The third-order valence-corrected chi connectivity index (χ3v) is 7.31. The zero-order valence-corrected chi connectivity index (χ0v) is 19.1. The van der Waals surface area contributed by atoms with Crippen molar-refractivity contribution >= 4 is 11.7 Å². The van der Waals surface area contributed by atoms with Crippen LogP contribution in [0.3, 0.4) is 0 Å². The average molecular weight is 429 g/mol. The molecular weight excluding hydrogens is 388 g/mol. The van der Waals surface area contributed by atoms with E-state index in [0.717, 1.165) is 25.2 Å². The molecule has 1 aromatic carbocycles. The van der Waals surface area contributed by atoms with Crippen LogP contribution in [-0.2, 0) is 11.3 Å². The fourth-order valence-corrected chi connectivity index (χ4v) is 5.59. The third-order valence-electron chi connectivity index (χ3n) is 7.31. The fraction of sp³-hybridized carbons (Fsp3) is 0.692. The van der Waals surface area contributed by atoms with Crippen molar-refractivity contribution in [2.24, 2.45) is 17.8 Å². The second kappa shape index (κ2) is 11.5. The maximum atomic E-state index is 13.7. The molecule has 172 valence electrons. The largest absolute Gasteiger partial charge is 0.508 e. The van der Waals surface area contributed by atoms with Gasteiger partial charge in [-0.05, 0) is 55.7 Å². The normalized spacial score (nSPS) is 19.1. The van der Waals surface area contributed by atoms with Crippen LogP contribution in [0.5, 0.6) is 11.5 Å². The van der Waals surface area contributed by atoms with E-state index in [0.29, 0.717) is 11.5 Å². The van der Waals surface area contributed by atoms with Crippen molar-refractivity contribution in [2.45, 2.75) is 96.9 Å². The molecule has 0 aliphatic heterocycles. The number of carbonyl (C=O) groups is 1. The number of hydrogen-bond acceptors (Lipinski definition) is 4. The minimum atomic E-state index is -0.0452. The first-order valence-corrected chi connectivity index (χ1v) is 12.3. The molecule has 1 unspecified atom stereocenters. The van der Waals surface area contributed by atoms with Crippen molar-refractivity contribution < 1.29 is 15.0 Å². The van der Waals surface area contributed by atoms with E-state index in [-0.39, 0.29) is 35.7 Å². The Morgan fingerprint density at radius 1 is 0.968 bits per heavy atom. The molecule has 0 spiro atoms. The number of hydrogen-bond donors (Lipinski definition) is 3. The van der Waals surface area contributed by atoms with E-state index < -0.39 is 0 Å². The minimum absolute atomic E-state index is 0.0268. The van der Waals surface area contributed by atoms with Crippen molar-refractivity contribution in [3.8, 4) is 11.5 Å². The van der Waals surface area contributed by atoms with Crippen molar-refractivity contribution in [3.63, 3.8) is 0 Å². The van der Waals surface area contributed by atoms with Gasteiger partial charge in [0.25, 0.3) is 0 Å². The molecule has 0 aromatic heterocycles. The molecule has 31 heavy (non-hydrogen) atoms. The Labute approximate surface area is 187 Å². The molecular formula is C26H40N2O3. The molecule has 0 bridgehead atoms. The number of benzene rings is 1. The third kappa shape index (κ3) is 7.26. The lowest BCUT2D eigenvalue weighted by molar-refractivity contribution is -0.133. The summed E-state index contributed by atoms with van der Waals surface area (Å²) < 4.78 is 0. The molecule has 0 saturated heterocycles. The molecule has 2 aliphatic carbocycles. The number of phenolic OH excluding ortho intramolecular Hbond substituents is 2. The Morgan fingerprint density at radius 3 is 2.06 bits per heavy atom. The van der Waals surface area contributed by atoms with Crippen LogP contribution in [0.4, 0.5) is 0 Å². The van der Waals surface area contributed by atoms with E-state index in [4.69, 9.17) is 5.41 Å². The molecule has 2 aliphatic rings. The zero-order chi connectivity index (χ0) is 22.2. The number of phenols is 2. The van der Waals surface area contributed by atoms with Crippen LogP contribution in [-0.4, -0.2) is 26.9 Å². The first kappa shape index (κ1) is 23.6. The van der Waals surface area contributed by atoms with Gasteiger partial charge in [0.05, 0.1) is 12.4 Å². The summed E-state index contributed by atoms with van der Waals surface area (Å²) in [7, 11) is 0. The first-order valence-electron chi connectivity index (χ1n) is 12.3. The SMILES string of the molecule is CC(=N)N(Cc1cc(O)cc(O)c1)C(=O)C(CCC1CCCCC1)CC1CCCCC1. The minimum Gasteiger partial charge on any atom is -0.508 e. The molecule has 1 aromatic rings. The fourth-order valence-electron chi connectivity index (χ4n) is 5.59. The average Bonchev–Trinajstić information content (AvgIpc) is 2.75. The lowest BCUT2D eigenvalue weighted by Crippen LogP contribution is -2.39. The number of nitrogens with zero attached hydrogens (tertiary/aromatic N) is 1. The van der Waals surface area contributed by atoms with E-state index >= 15 is 0 Å². The molecule has 0 heterocycles. The van der Waals surface area contributed by atoms with Crippen molar-refractivity contribution in [1.29, 1.82) is 5.41 Å². The first-order chi connectivity index (χ1) is 14.9. The maximum Gasteiger partial charge on any atom is 0.231 e. The Balaban J connectivity index is 1.72. The Hall–Kier alpha value is -2.04. The highest BCUT2D eigenvalue weighted by molar-refractivity contribution is 5.96. The molecule has 5 heteroatoms. The van der Waals surface area contributed by atoms with Crippen LogP contribution in [0.2, 0.25) is 0 Å². The molecule has 0 radical (unpaired) electrons. The van der Waals surface area contributed by atoms with Gasteiger partial charge in [-0.15, -0.1) is 0 Å². The van der Waals surface area contributed by atoms with Crippen LogP contribution >= 0.6 is 0 Å². The van der Waals surface area contributed by atoms with Crippen LogP contribution in [0.15, 0.2) is 18.2 Å². The standard InChI is InChI=1S/C26H40N2O3/c1-19(27)28(18-22-15-24(29)17-25(30)16-22)26(31)23(14-21-10-6-3-7-11-21)13-12-20-8-4-2-5-9-20/h15-17,20-21,23,27,29-30H,2-14,18H2,1H3. The Morgan fingerprint density at radius 2 is 1.52 bits per heavy atom. The van der Waals surface area contributed by atoms with E-state index in [2.05, 4.69) is 0 Å². The summed E-state index contributed by atoms with van der Waals surface area (Å²) in [6, 6.07) is 4.39. The molecule has 1 atom stereocenters. The summed E-state index contributed by atoms with van der Waals surface area (Å²) in [5, 5.41) is 27.9. The van der Waals surface area contributed by atoms with Crippen LogP contribution in [0.25, 0.3) is 0 Å². The Bertz CT molecular complexity index is 716. The number of nitrogens with one attached hydrogen (secondary N) is 1. The van der Waals surface area contributed by atoms with E-state index in [9.17, 15) is 15.0 Å². The summed E-state index contributed by atoms with van der Waals surface area (Å²) >= 11 is 0. The van der Waals surface area contributed by atoms with Crippen LogP contribution in [0, 0.1) is 23.2 Å². The molecule has 5 nitrogen and oxygen atoms in total. The van der Waals surface area contributed by atoms with Gasteiger partial charge in [0.2, 0.25) is 5.91 Å². The molecule has 3 rings (SSSR count). The van der Waals surface area contributed by atoms with Gasteiger partial charge in [-0.1, -0.05) is 64.2 Å². The van der Waals surface area contributed by atoms with Gasteiger partial charge in [-0.2, -0.15) is 0 Å². The van der Waals surface area contributed by atoms with Gasteiger partial charge in [-0.25, -0.2) is 0 Å². The van der Waals surface area contributed by atoms with Gasteiger partial charge in [0.15, 0.2) is 0 Å². The quantitative estimate of drug-likeness (QED) is 0.332. The van der Waals surface area contributed by atoms with Gasteiger partial charge in [0, 0.05) is 12.0 Å². The highest BCUT2D eigenvalue weighted by Gasteiger charge is 2.30. The summed E-state index contributed by atoms with van der Waals surface area (Å²) in [5.41, 5.74) is 0.640. The molecule has 2 fully saturated rings. The van der Waals surface area contributed by atoms with Gasteiger partial charge < -0.3 is 10.2 Å². The van der Waals surface area contributed by atoms with Crippen LogP contribution < -0.4 is 0 Å². The highest BCUT2D eigenvalue weighted by Crippen LogP contribution is 2.35. The molecule has 3 N–H and O–H groups in total. The lowest BCUT2D eigenvalue weighted by Gasteiger charge is -2.31. The topological polar surface area (TPSA) is 84.6 Å². The van der Waals surface area contributed by atoms with Crippen LogP contribution in [0.1, 0.15) is 96.0 Å². The van der Waals surface area contributed by atoms with Gasteiger partial charge in [-0.3, -0.25) is 15.1 Å². The number of carbonyl (C=O) groups excluding carboxylic acids is 1. The molecule has 1 amide bonds. The monoisotopic (exact) mass is 428 g/mol. The van der Waals surface area contributed by atoms with Crippen molar-refractivity contribution in [3.05, 3.63) is 23.8 Å². The number of amides is 1. The van der Waals surface area contributed by atoms with Crippen molar-refractivity contribution in [2.75, 3.05) is 0 Å². The predicted molar refractivity (Wildman–Crippen MR) is 124 cm³/mol. The van der Waals surface area contributed by atoms with E-state index in [1.807, 2.05) is 0 Å². The number of aromatic hydroxyl groups is 2. The number of rotatable bonds is 8. The maximum absolute atomic E-state index is 13.7. The summed E-state index contributed by atoms with van der Waals surface area (Å²) in [6.07, 6.45) is 15.8.